The topological polar surface area (TPSA) is 55.1 Å². The fourth-order valence-electron chi connectivity index (χ4n) is 1.36. The lowest BCUT2D eigenvalue weighted by molar-refractivity contribution is -0.122. The summed E-state index contributed by atoms with van der Waals surface area (Å²) in [5, 5.41) is 3.09. The van der Waals surface area contributed by atoms with Crippen LogP contribution in [0.25, 0.3) is 0 Å². The van der Waals surface area contributed by atoms with Crippen molar-refractivity contribution in [2.24, 2.45) is 5.73 Å². The van der Waals surface area contributed by atoms with Crippen LogP contribution in [0.5, 0.6) is 0 Å². The molecule has 20 heavy (non-hydrogen) atoms. The van der Waals surface area contributed by atoms with E-state index in [2.05, 4.69) is 5.32 Å². The van der Waals surface area contributed by atoms with E-state index in [4.69, 9.17) is 28.9 Å². The molecule has 0 fully saturated rings. The number of carbonyl (C=O) groups is 1. The zero-order valence-corrected chi connectivity index (χ0v) is 12.8. The first-order valence-electron chi connectivity index (χ1n) is 5.62. The second kappa shape index (κ2) is 8.62. The van der Waals surface area contributed by atoms with Gasteiger partial charge in [0.05, 0.1) is 13.1 Å². The molecule has 0 bridgehead atoms. The molecule has 114 valence electrons. The predicted molar refractivity (Wildman–Crippen MR) is 79.0 cm³/mol. The van der Waals surface area contributed by atoms with E-state index < -0.39 is 24.9 Å². The van der Waals surface area contributed by atoms with Gasteiger partial charge in [-0.2, -0.15) is 0 Å². The minimum atomic E-state index is -3.08. The molecule has 1 aromatic carbocycles. The van der Waals surface area contributed by atoms with Gasteiger partial charge in [0.2, 0.25) is 5.91 Å². The first-order valence-corrected chi connectivity index (χ1v) is 6.38. The van der Waals surface area contributed by atoms with E-state index in [0.717, 1.165) is 5.56 Å². The number of benzene rings is 1. The van der Waals surface area contributed by atoms with Crippen LogP contribution in [-0.2, 0) is 11.2 Å². The Morgan fingerprint density at radius 1 is 1.35 bits per heavy atom. The maximum Gasteiger partial charge on any atom is 0.277 e. The van der Waals surface area contributed by atoms with E-state index in [0.29, 0.717) is 16.5 Å². The van der Waals surface area contributed by atoms with Gasteiger partial charge in [-0.15, -0.1) is 12.4 Å². The molecule has 0 atom stereocenters. The molecule has 0 aliphatic heterocycles. The number of nitrogens with one attached hydrogen (secondary N) is 1. The lowest BCUT2D eigenvalue weighted by Crippen LogP contribution is -2.41. The monoisotopic (exact) mass is 346 g/mol. The van der Waals surface area contributed by atoms with Crippen LogP contribution >= 0.6 is 35.6 Å². The Morgan fingerprint density at radius 3 is 2.55 bits per heavy atom. The van der Waals surface area contributed by atoms with Crippen molar-refractivity contribution in [2.75, 3.05) is 13.1 Å². The average molecular weight is 348 g/mol. The van der Waals surface area contributed by atoms with Crippen LogP contribution in [0.4, 0.5) is 8.78 Å². The highest BCUT2D eigenvalue weighted by atomic mass is 35.5. The SMILES string of the molecule is Cl.NCC(F)(F)CNC(=O)CCc1ccc(Cl)cc1Cl. The summed E-state index contributed by atoms with van der Waals surface area (Å²) in [6.07, 6.45) is 0.429. The number of amides is 1. The van der Waals surface area contributed by atoms with Gasteiger partial charge < -0.3 is 11.1 Å². The molecule has 1 aromatic rings. The molecule has 0 spiro atoms. The van der Waals surface area contributed by atoms with Crippen LogP contribution in [0.3, 0.4) is 0 Å². The molecule has 1 rings (SSSR count). The van der Waals surface area contributed by atoms with Crippen LogP contribution in [0.15, 0.2) is 18.2 Å². The molecule has 8 heteroatoms. The highest BCUT2D eigenvalue weighted by molar-refractivity contribution is 6.35. The van der Waals surface area contributed by atoms with Gasteiger partial charge in [0, 0.05) is 16.5 Å². The zero-order chi connectivity index (χ0) is 14.5. The number of halogens is 5. The molecule has 0 saturated carbocycles. The minimum Gasteiger partial charge on any atom is -0.350 e. The maximum absolute atomic E-state index is 12.8. The zero-order valence-electron chi connectivity index (χ0n) is 10.5. The quantitative estimate of drug-likeness (QED) is 0.831. The van der Waals surface area contributed by atoms with Gasteiger partial charge in [0.15, 0.2) is 0 Å². The Labute approximate surface area is 132 Å². The van der Waals surface area contributed by atoms with Crippen molar-refractivity contribution < 1.29 is 13.6 Å². The number of hydrogen-bond acceptors (Lipinski definition) is 2. The number of carbonyl (C=O) groups excluding carboxylic acids is 1. The van der Waals surface area contributed by atoms with Crippen molar-refractivity contribution in [1.82, 2.24) is 5.32 Å². The highest BCUT2D eigenvalue weighted by Crippen LogP contribution is 2.22. The molecule has 0 saturated heterocycles. The van der Waals surface area contributed by atoms with E-state index in [1.54, 1.807) is 18.2 Å². The molecular weight excluding hydrogens is 332 g/mol. The molecule has 0 aromatic heterocycles. The molecular formula is C12H15Cl3F2N2O. The summed E-state index contributed by atoms with van der Waals surface area (Å²) in [4.78, 5) is 11.4. The molecule has 0 radical (unpaired) electrons. The number of aryl methyl sites for hydroxylation is 1. The third kappa shape index (κ3) is 6.70. The fraction of sp³-hybridized carbons (Fsp3) is 0.417. The van der Waals surface area contributed by atoms with Gasteiger partial charge >= 0.3 is 0 Å². The summed E-state index contributed by atoms with van der Waals surface area (Å²) in [6, 6.07) is 4.93. The van der Waals surface area contributed by atoms with Crippen molar-refractivity contribution in [1.29, 1.82) is 0 Å². The number of alkyl halides is 2. The Balaban J connectivity index is 0.00000361. The van der Waals surface area contributed by atoms with Crippen molar-refractivity contribution in [3.8, 4) is 0 Å². The maximum atomic E-state index is 12.8. The van der Waals surface area contributed by atoms with E-state index in [9.17, 15) is 13.6 Å². The standard InChI is InChI=1S/C12H14Cl2F2N2O.ClH/c13-9-3-1-8(10(14)5-9)2-4-11(19)18-7-12(15,16)6-17;/h1,3,5H,2,4,6-7,17H2,(H,18,19);1H. The highest BCUT2D eigenvalue weighted by Gasteiger charge is 2.26. The van der Waals surface area contributed by atoms with Gasteiger partial charge in [0.25, 0.3) is 5.92 Å². The molecule has 1 amide bonds. The van der Waals surface area contributed by atoms with Crippen molar-refractivity contribution in [3.05, 3.63) is 33.8 Å². The first kappa shape index (κ1) is 19.4. The van der Waals surface area contributed by atoms with E-state index in [-0.39, 0.29) is 18.8 Å². The lowest BCUT2D eigenvalue weighted by Gasteiger charge is -2.14. The Hall–Kier alpha value is -0.620. The third-order valence-electron chi connectivity index (χ3n) is 2.48. The smallest absolute Gasteiger partial charge is 0.277 e. The van der Waals surface area contributed by atoms with Crippen molar-refractivity contribution in [3.63, 3.8) is 0 Å². The molecule has 0 unspecified atom stereocenters. The molecule has 0 aliphatic rings. The minimum absolute atomic E-state index is 0. The Morgan fingerprint density at radius 2 is 2.00 bits per heavy atom. The predicted octanol–water partition coefficient (Wildman–Crippen LogP) is 3.06. The first-order chi connectivity index (χ1) is 8.84. The summed E-state index contributed by atoms with van der Waals surface area (Å²) >= 11 is 11.7. The second-order valence-corrected chi connectivity index (χ2v) is 4.92. The van der Waals surface area contributed by atoms with Crippen LogP contribution in [-0.4, -0.2) is 24.9 Å². The average Bonchev–Trinajstić information content (AvgIpc) is 2.35. The number of rotatable bonds is 6. The summed E-state index contributed by atoms with van der Waals surface area (Å²) in [5.74, 6) is -3.55. The van der Waals surface area contributed by atoms with Gasteiger partial charge in [-0.1, -0.05) is 29.3 Å². The fourth-order valence-corrected chi connectivity index (χ4v) is 1.86. The summed E-state index contributed by atoms with van der Waals surface area (Å²) < 4.78 is 25.6. The summed E-state index contributed by atoms with van der Waals surface area (Å²) in [6.45, 7) is -1.55. The van der Waals surface area contributed by atoms with Gasteiger partial charge in [-0.05, 0) is 24.1 Å². The van der Waals surface area contributed by atoms with Crippen LogP contribution in [0.2, 0.25) is 10.0 Å². The summed E-state index contributed by atoms with van der Waals surface area (Å²) in [7, 11) is 0. The van der Waals surface area contributed by atoms with Crippen molar-refractivity contribution in [2.45, 2.75) is 18.8 Å². The van der Waals surface area contributed by atoms with E-state index in [1.807, 2.05) is 0 Å². The van der Waals surface area contributed by atoms with E-state index in [1.165, 1.54) is 0 Å². The second-order valence-electron chi connectivity index (χ2n) is 4.07. The Bertz CT molecular complexity index is 458. The molecule has 3 nitrogen and oxygen atoms in total. The largest absolute Gasteiger partial charge is 0.350 e. The van der Waals surface area contributed by atoms with Crippen LogP contribution < -0.4 is 11.1 Å². The van der Waals surface area contributed by atoms with Gasteiger partial charge in [-0.3, -0.25) is 4.79 Å². The van der Waals surface area contributed by atoms with E-state index >= 15 is 0 Å². The molecule has 3 N–H and O–H groups in total. The summed E-state index contributed by atoms with van der Waals surface area (Å²) in [5.41, 5.74) is 5.60. The lowest BCUT2D eigenvalue weighted by atomic mass is 10.1. The van der Waals surface area contributed by atoms with Crippen LogP contribution in [0, 0.1) is 0 Å². The normalized spacial score (nSPS) is 10.8. The molecule has 0 aliphatic carbocycles. The van der Waals surface area contributed by atoms with Crippen molar-refractivity contribution >= 4 is 41.5 Å². The Kier molecular flexibility index (Phi) is 8.35. The van der Waals surface area contributed by atoms with Crippen LogP contribution in [0.1, 0.15) is 12.0 Å². The van der Waals surface area contributed by atoms with Gasteiger partial charge in [0.1, 0.15) is 0 Å². The third-order valence-corrected chi connectivity index (χ3v) is 3.07. The number of nitrogens with two attached hydrogens (primary N) is 1. The molecule has 0 heterocycles. The van der Waals surface area contributed by atoms with Gasteiger partial charge in [-0.25, -0.2) is 8.78 Å². The number of hydrogen-bond donors (Lipinski definition) is 2.